The quantitative estimate of drug-likeness (QED) is 0.816. The molecular formula is C17H22N2O3S. The van der Waals surface area contributed by atoms with E-state index in [0.29, 0.717) is 6.61 Å². The first-order valence-electron chi connectivity index (χ1n) is 7.49. The number of hydrogen-bond acceptors (Lipinski definition) is 4. The highest BCUT2D eigenvalue weighted by atomic mass is 32.2. The largest absolute Gasteiger partial charge is 0.492 e. The van der Waals surface area contributed by atoms with Gasteiger partial charge in [0.25, 0.3) is 0 Å². The standard InChI is InChI=1S/C17H22N2O3S/c1-4-22-17-8-6-5-7-16(17)19-13(2)14-9-11-15(12-10-14)23(20,21)18-3/h5-13,18-19H,4H2,1-3H3/t13-/m1/s1. The van der Waals surface area contributed by atoms with Gasteiger partial charge in [0.1, 0.15) is 5.75 Å². The third-order valence-corrected chi connectivity index (χ3v) is 4.95. The van der Waals surface area contributed by atoms with Crippen LogP contribution in [0.4, 0.5) is 5.69 Å². The predicted molar refractivity (Wildman–Crippen MR) is 92.3 cm³/mol. The van der Waals surface area contributed by atoms with Crippen LogP contribution < -0.4 is 14.8 Å². The van der Waals surface area contributed by atoms with Gasteiger partial charge in [0.2, 0.25) is 10.0 Å². The molecule has 2 N–H and O–H groups in total. The second kappa shape index (κ2) is 7.48. The Balaban J connectivity index is 2.17. The van der Waals surface area contributed by atoms with Gasteiger partial charge < -0.3 is 10.1 Å². The van der Waals surface area contributed by atoms with Gasteiger partial charge in [-0.2, -0.15) is 0 Å². The Labute approximate surface area is 137 Å². The number of ether oxygens (including phenoxy) is 1. The van der Waals surface area contributed by atoms with Crippen LogP contribution in [0, 0.1) is 0 Å². The highest BCUT2D eigenvalue weighted by Crippen LogP contribution is 2.28. The van der Waals surface area contributed by atoms with Crippen LogP contribution in [0.5, 0.6) is 5.75 Å². The molecule has 1 atom stereocenters. The van der Waals surface area contributed by atoms with Gasteiger partial charge in [-0.15, -0.1) is 0 Å². The normalized spacial score (nSPS) is 12.7. The molecule has 0 saturated carbocycles. The van der Waals surface area contributed by atoms with E-state index in [2.05, 4.69) is 10.0 Å². The zero-order valence-electron chi connectivity index (χ0n) is 13.5. The van der Waals surface area contributed by atoms with E-state index in [1.165, 1.54) is 7.05 Å². The van der Waals surface area contributed by atoms with E-state index in [1.54, 1.807) is 12.1 Å². The SMILES string of the molecule is CCOc1ccccc1N[C@H](C)c1ccc(S(=O)(=O)NC)cc1. The van der Waals surface area contributed by atoms with Crippen LogP contribution in [-0.4, -0.2) is 22.1 Å². The fourth-order valence-electron chi connectivity index (χ4n) is 2.24. The lowest BCUT2D eigenvalue weighted by atomic mass is 10.1. The molecule has 5 nitrogen and oxygen atoms in total. The van der Waals surface area contributed by atoms with E-state index < -0.39 is 10.0 Å². The zero-order chi connectivity index (χ0) is 16.9. The molecule has 0 aromatic heterocycles. The van der Waals surface area contributed by atoms with E-state index in [9.17, 15) is 8.42 Å². The molecule has 0 aliphatic carbocycles. The molecule has 0 aliphatic heterocycles. The second-order valence-corrected chi connectivity index (χ2v) is 6.96. The van der Waals surface area contributed by atoms with E-state index >= 15 is 0 Å². The Hall–Kier alpha value is -2.05. The van der Waals surface area contributed by atoms with Crippen molar-refractivity contribution in [2.45, 2.75) is 24.8 Å². The van der Waals surface area contributed by atoms with Crippen molar-refractivity contribution in [3.63, 3.8) is 0 Å². The first-order valence-corrected chi connectivity index (χ1v) is 8.98. The monoisotopic (exact) mass is 334 g/mol. The third kappa shape index (κ3) is 4.24. The van der Waals surface area contributed by atoms with Gasteiger partial charge >= 0.3 is 0 Å². The van der Waals surface area contributed by atoms with Gasteiger partial charge in [0, 0.05) is 6.04 Å². The summed E-state index contributed by atoms with van der Waals surface area (Å²) in [5.74, 6) is 0.802. The number of hydrogen-bond donors (Lipinski definition) is 2. The summed E-state index contributed by atoms with van der Waals surface area (Å²) in [6.45, 7) is 4.56. The summed E-state index contributed by atoms with van der Waals surface area (Å²) in [6, 6.07) is 14.6. The average molecular weight is 334 g/mol. The van der Waals surface area contributed by atoms with Gasteiger partial charge in [-0.05, 0) is 50.7 Å². The van der Waals surface area contributed by atoms with Crippen molar-refractivity contribution in [3.8, 4) is 5.75 Å². The Morgan fingerprint density at radius 1 is 1.09 bits per heavy atom. The molecule has 0 saturated heterocycles. The number of nitrogens with one attached hydrogen (secondary N) is 2. The molecule has 2 rings (SSSR count). The van der Waals surface area contributed by atoms with Crippen molar-refractivity contribution in [1.82, 2.24) is 4.72 Å². The first kappa shape index (κ1) is 17.3. The lowest BCUT2D eigenvalue weighted by Crippen LogP contribution is -2.18. The molecular weight excluding hydrogens is 312 g/mol. The lowest BCUT2D eigenvalue weighted by molar-refractivity contribution is 0.341. The summed E-state index contributed by atoms with van der Waals surface area (Å²) in [6.07, 6.45) is 0. The Kier molecular flexibility index (Phi) is 5.63. The van der Waals surface area contributed by atoms with Crippen molar-refractivity contribution in [1.29, 1.82) is 0 Å². The minimum atomic E-state index is -3.40. The maximum Gasteiger partial charge on any atom is 0.240 e. The van der Waals surface area contributed by atoms with E-state index in [-0.39, 0.29) is 10.9 Å². The molecule has 0 spiro atoms. The second-order valence-electron chi connectivity index (χ2n) is 5.07. The van der Waals surface area contributed by atoms with Crippen molar-refractivity contribution in [2.24, 2.45) is 0 Å². The van der Waals surface area contributed by atoms with Crippen LogP contribution in [0.3, 0.4) is 0 Å². The molecule has 23 heavy (non-hydrogen) atoms. The summed E-state index contributed by atoms with van der Waals surface area (Å²) in [4.78, 5) is 0.255. The topological polar surface area (TPSA) is 67.4 Å². The Morgan fingerprint density at radius 3 is 2.35 bits per heavy atom. The molecule has 0 unspecified atom stereocenters. The number of benzene rings is 2. The van der Waals surface area contributed by atoms with Crippen LogP contribution in [0.15, 0.2) is 53.4 Å². The molecule has 2 aromatic rings. The first-order chi connectivity index (χ1) is 11.0. The molecule has 0 heterocycles. The minimum Gasteiger partial charge on any atom is -0.492 e. The molecule has 2 aromatic carbocycles. The van der Waals surface area contributed by atoms with Gasteiger partial charge in [-0.3, -0.25) is 0 Å². The molecule has 6 heteroatoms. The zero-order valence-corrected chi connectivity index (χ0v) is 14.4. The van der Waals surface area contributed by atoms with Crippen molar-refractivity contribution in [3.05, 3.63) is 54.1 Å². The van der Waals surface area contributed by atoms with E-state index in [0.717, 1.165) is 17.0 Å². The number of para-hydroxylation sites is 2. The summed E-state index contributed by atoms with van der Waals surface area (Å²) < 4.78 is 31.4. The van der Waals surface area contributed by atoms with Crippen LogP contribution in [0.1, 0.15) is 25.5 Å². The Morgan fingerprint density at radius 2 is 1.74 bits per heavy atom. The maximum atomic E-state index is 11.7. The van der Waals surface area contributed by atoms with Crippen LogP contribution in [0.25, 0.3) is 0 Å². The summed E-state index contributed by atoms with van der Waals surface area (Å²) in [7, 11) is -2.00. The van der Waals surface area contributed by atoms with Gasteiger partial charge in [0.05, 0.1) is 17.2 Å². The molecule has 124 valence electrons. The molecule has 0 fully saturated rings. The van der Waals surface area contributed by atoms with Crippen molar-refractivity contribution < 1.29 is 13.2 Å². The average Bonchev–Trinajstić information content (AvgIpc) is 2.57. The van der Waals surface area contributed by atoms with Crippen LogP contribution in [0.2, 0.25) is 0 Å². The fraction of sp³-hybridized carbons (Fsp3) is 0.294. The molecule has 0 radical (unpaired) electrons. The van der Waals surface area contributed by atoms with Crippen LogP contribution in [-0.2, 0) is 10.0 Å². The highest BCUT2D eigenvalue weighted by Gasteiger charge is 2.13. The minimum absolute atomic E-state index is 0.0166. The summed E-state index contributed by atoms with van der Waals surface area (Å²) >= 11 is 0. The van der Waals surface area contributed by atoms with E-state index in [1.807, 2.05) is 50.2 Å². The van der Waals surface area contributed by atoms with Gasteiger partial charge in [-0.1, -0.05) is 24.3 Å². The molecule has 0 bridgehead atoms. The van der Waals surface area contributed by atoms with Gasteiger partial charge in [-0.25, -0.2) is 13.1 Å². The van der Waals surface area contributed by atoms with Crippen LogP contribution >= 0.6 is 0 Å². The number of rotatable bonds is 7. The number of sulfonamides is 1. The van der Waals surface area contributed by atoms with Gasteiger partial charge in [0.15, 0.2) is 0 Å². The third-order valence-electron chi connectivity index (χ3n) is 3.52. The predicted octanol–water partition coefficient (Wildman–Crippen LogP) is 3.17. The van der Waals surface area contributed by atoms with Crippen molar-refractivity contribution in [2.75, 3.05) is 19.0 Å². The fourth-order valence-corrected chi connectivity index (χ4v) is 2.97. The smallest absolute Gasteiger partial charge is 0.240 e. The summed E-state index contributed by atoms with van der Waals surface area (Å²) in [5, 5.41) is 3.39. The van der Waals surface area contributed by atoms with Crippen molar-refractivity contribution >= 4 is 15.7 Å². The number of anilines is 1. The Bertz CT molecular complexity index is 743. The summed E-state index contributed by atoms with van der Waals surface area (Å²) in [5.41, 5.74) is 1.90. The molecule has 0 amide bonds. The maximum absolute atomic E-state index is 11.7. The van der Waals surface area contributed by atoms with E-state index in [4.69, 9.17) is 4.74 Å². The highest BCUT2D eigenvalue weighted by molar-refractivity contribution is 7.89. The molecule has 0 aliphatic rings. The lowest BCUT2D eigenvalue weighted by Gasteiger charge is -2.18.